The Bertz CT molecular complexity index is 617. The van der Waals surface area contributed by atoms with Crippen molar-refractivity contribution in [2.45, 2.75) is 71.7 Å². The van der Waals surface area contributed by atoms with Gasteiger partial charge in [0.25, 0.3) is 0 Å². The molecule has 0 aliphatic carbocycles. The Kier molecular flexibility index (Phi) is 8.67. The highest BCUT2D eigenvalue weighted by Crippen LogP contribution is 2.37. The van der Waals surface area contributed by atoms with Gasteiger partial charge in [-0.2, -0.15) is 0 Å². The van der Waals surface area contributed by atoms with E-state index in [1.54, 1.807) is 0 Å². The number of ether oxygens (including phenoxy) is 3. The largest absolute Gasteiger partial charge is 0.462 e. The van der Waals surface area contributed by atoms with Gasteiger partial charge < -0.3 is 19.3 Å². The Hall–Kier alpha value is -1.69. The predicted octanol–water partition coefficient (Wildman–Crippen LogP) is 4.10. The minimum Gasteiger partial charge on any atom is -0.462 e. The standard InChI is InChI=1S/C23H34O5/c1-6-7-13-20(27-18(5)24)15(2)22-16(3)21(17(4)23(25)28-22)26-14-19-11-9-8-10-12-19/h6,8-12,15-17,20-23,25H,1,7,13-14H2,2-5H3/t15-,16-,17+,20+,21+,22-,23?/m1/s1. The highest BCUT2D eigenvalue weighted by atomic mass is 16.6. The zero-order valence-electron chi connectivity index (χ0n) is 17.4. The van der Waals surface area contributed by atoms with E-state index in [0.29, 0.717) is 13.0 Å². The lowest BCUT2D eigenvalue weighted by molar-refractivity contribution is -0.268. The first kappa shape index (κ1) is 22.6. The van der Waals surface area contributed by atoms with Gasteiger partial charge in [-0.3, -0.25) is 4.79 Å². The van der Waals surface area contributed by atoms with Gasteiger partial charge in [-0.1, -0.05) is 57.2 Å². The summed E-state index contributed by atoms with van der Waals surface area (Å²) in [6, 6.07) is 9.99. The Balaban J connectivity index is 2.11. The van der Waals surface area contributed by atoms with Crippen LogP contribution in [-0.4, -0.2) is 35.7 Å². The van der Waals surface area contributed by atoms with E-state index in [2.05, 4.69) is 13.5 Å². The summed E-state index contributed by atoms with van der Waals surface area (Å²) in [6.45, 7) is 11.7. The van der Waals surface area contributed by atoms with Crippen molar-refractivity contribution >= 4 is 5.97 Å². The second-order valence-corrected chi connectivity index (χ2v) is 7.84. The number of esters is 1. The van der Waals surface area contributed by atoms with E-state index in [9.17, 15) is 9.90 Å². The average molecular weight is 391 g/mol. The summed E-state index contributed by atoms with van der Waals surface area (Å²) >= 11 is 0. The molecule has 2 rings (SSSR count). The van der Waals surface area contributed by atoms with E-state index in [-0.39, 0.29) is 42.0 Å². The number of carbonyl (C=O) groups excluding carboxylic acids is 1. The number of benzene rings is 1. The van der Waals surface area contributed by atoms with Crippen LogP contribution >= 0.6 is 0 Å². The summed E-state index contributed by atoms with van der Waals surface area (Å²) in [4.78, 5) is 11.6. The molecule has 1 heterocycles. The van der Waals surface area contributed by atoms with E-state index in [4.69, 9.17) is 14.2 Å². The zero-order chi connectivity index (χ0) is 20.7. The molecule has 0 amide bonds. The van der Waals surface area contributed by atoms with Crippen LogP contribution in [0.4, 0.5) is 0 Å². The molecule has 0 bridgehead atoms. The Morgan fingerprint density at radius 3 is 2.57 bits per heavy atom. The highest BCUT2D eigenvalue weighted by Gasteiger charge is 2.45. The second kappa shape index (κ2) is 10.7. The minimum atomic E-state index is -0.915. The first-order valence-corrected chi connectivity index (χ1v) is 10.1. The van der Waals surface area contributed by atoms with Gasteiger partial charge in [-0.15, -0.1) is 6.58 Å². The molecule has 28 heavy (non-hydrogen) atoms. The summed E-state index contributed by atoms with van der Waals surface area (Å²) in [5.41, 5.74) is 1.09. The topological polar surface area (TPSA) is 65.0 Å². The van der Waals surface area contributed by atoms with E-state index < -0.39 is 6.29 Å². The summed E-state index contributed by atoms with van der Waals surface area (Å²) in [5.74, 6) is -0.500. The molecule has 1 unspecified atom stereocenters. The fourth-order valence-corrected chi connectivity index (χ4v) is 4.05. The number of allylic oxidation sites excluding steroid dienone is 1. The lowest BCUT2D eigenvalue weighted by Gasteiger charge is -2.46. The number of carbonyl (C=O) groups is 1. The fraction of sp³-hybridized carbons (Fsp3) is 0.609. The van der Waals surface area contributed by atoms with Gasteiger partial charge in [-0.25, -0.2) is 0 Å². The molecule has 5 heteroatoms. The van der Waals surface area contributed by atoms with Crippen LogP contribution in [0.2, 0.25) is 0 Å². The van der Waals surface area contributed by atoms with Crippen LogP contribution in [0.15, 0.2) is 43.0 Å². The van der Waals surface area contributed by atoms with Crippen LogP contribution in [0.5, 0.6) is 0 Å². The Labute approximate surface area is 168 Å². The number of hydrogen-bond donors (Lipinski definition) is 1. The van der Waals surface area contributed by atoms with Crippen molar-refractivity contribution in [2.24, 2.45) is 17.8 Å². The molecule has 1 aliphatic heterocycles. The van der Waals surface area contributed by atoms with Crippen LogP contribution in [0.25, 0.3) is 0 Å². The minimum absolute atomic E-state index is 0.0406. The number of rotatable bonds is 9. The van der Waals surface area contributed by atoms with Crippen molar-refractivity contribution in [1.29, 1.82) is 0 Å². The lowest BCUT2D eigenvalue weighted by atomic mass is 9.78. The Morgan fingerprint density at radius 2 is 1.96 bits per heavy atom. The van der Waals surface area contributed by atoms with Gasteiger partial charge in [0.1, 0.15) is 6.10 Å². The van der Waals surface area contributed by atoms with Crippen LogP contribution < -0.4 is 0 Å². The van der Waals surface area contributed by atoms with Gasteiger partial charge in [0.2, 0.25) is 0 Å². The maximum atomic E-state index is 11.6. The normalized spacial score (nSPS) is 29.7. The second-order valence-electron chi connectivity index (χ2n) is 7.84. The summed E-state index contributed by atoms with van der Waals surface area (Å²) in [5, 5.41) is 10.5. The summed E-state index contributed by atoms with van der Waals surface area (Å²) in [6.07, 6.45) is 1.60. The molecule has 156 valence electrons. The van der Waals surface area contributed by atoms with E-state index in [0.717, 1.165) is 12.0 Å². The molecule has 0 saturated carbocycles. The predicted molar refractivity (Wildman–Crippen MR) is 108 cm³/mol. The van der Waals surface area contributed by atoms with Gasteiger partial charge in [0.15, 0.2) is 6.29 Å². The zero-order valence-corrected chi connectivity index (χ0v) is 17.4. The van der Waals surface area contributed by atoms with Crippen LogP contribution in [0.3, 0.4) is 0 Å². The molecule has 1 aromatic carbocycles. The molecular formula is C23H34O5. The molecule has 7 atom stereocenters. The molecule has 1 N–H and O–H groups in total. The van der Waals surface area contributed by atoms with Gasteiger partial charge in [-0.05, 0) is 18.4 Å². The fourth-order valence-electron chi connectivity index (χ4n) is 4.05. The van der Waals surface area contributed by atoms with Crippen molar-refractivity contribution in [3.8, 4) is 0 Å². The molecule has 1 aliphatic rings. The van der Waals surface area contributed by atoms with Crippen LogP contribution in [0.1, 0.15) is 46.1 Å². The van der Waals surface area contributed by atoms with Crippen LogP contribution in [0, 0.1) is 17.8 Å². The van der Waals surface area contributed by atoms with Gasteiger partial charge >= 0.3 is 5.97 Å². The molecule has 0 radical (unpaired) electrons. The SMILES string of the molecule is C=CCC[C@H](OC(C)=O)[C@@H](C)[C@H]1OC(O)[C@@H](C)[C@@H](OCc2ccccc2)[C@H]1C. The maximum Gasteiger partial charge on any atom is 0.302 e. The van der Waals surface area contributed by atoms with E-state index in [1.165, 1.54) is 6.92 Å². The molecule has 5 nitrogen and oxygen atoms in total. The summed E-state index contributed by atoms with van der Waals surface area (Å²) in [7, 11) is 0. The third kappa shape index (κ3) is 5.90. The molecule has 0 aromatic heterocycles. The van der Waals surface area contributed by atoms with Crippen molar-refractivity contribution in [2.75, 3.05) is 0 Å². The van der Waals surface area contributed by atoms with Crippen molar-refractivity contribution in [3.63, 3.8) is 0 Å². The van der Waals surface area contributed by atoms with E-state index >= 15 is 0 Å². The van der Waals surface area contributed by atoms with Crippen molar-refractivity contribution in [3.05, 3.63) is 48.6 Å². The average Bonchev–Trinajstić information content (AvgIpc) is 2.68. The summed E-state index contributed by atoms with van der Waals surface area (Å²) < 4.78 is 17.7. The maximum absolute atomic E-state index is 11.6. The third-order valence-corrected chi connectivity index (χ3v) is 5.66. The van der Waals surface area contributed by atoms with Crippen molar-refractivity contribution in [1.82, 2.24) is 0 Å². The highest BCUT2D eigenvalue weighted by molar-refractivity contribution is 5.66. The van der Waals surface area contributed by atoms with Gasteiger partial charge in [0.05, 0.1) is 18.8 Å². The number of aliphatic hydroxyl groups excluding tert-OH is 1. The molecular weight excluding hydrogens is 356 g/mol. The smallest absolute Gasteiger partial charge is 0.302 e. The molecule has 1 aromatic rings. The first-order chi connectivity index (χ1) is 13.3. The molecule has 1 saturated heterocycles. The quantitative estimate of drug-likeness (QED) is 0.508. The number of hydrogen-bond acceptors (Lipinski definition) is 5. The number of aliphatic hydroxyl groups is 1. The van der Waals surface area contributed by atoms with Crippen molar-refractivity contribution < 1.29 is 24.1 Å². The molecule has 0 spiro atoms. The molecule has 1 fully saturated rings. The third-order valence-electron chi connectivity index (χ3n) is 5.66. The van der Waals surface area contributed by atoms with Crippen LogP contribution in [-0.2, 0) is 25.6 Å². The Morgan fingerprint density at radius 1 is 1.29 bits per heavy atom. The van der Waals surface area contributed by atoms with Gasteiger partial charge in [0, 0.05) is 24.7 Å². The lowest BCUT2D eigenvalue weighted by Crippen LogP contribution is -2.54. The monoisotopic (exact) mass is 390 g/mol. The van der Waals surface area contributed by atoms with E-state index in [1.807, 2.05) is 50.3 Å². The first-order valence-electron chi connectivity index (χ1n) is 10.1.